The predicted octanol–water partition coefficient (Wildman–Crippen LogP) is 0.345. The summed E-state index contributed by atoms with van der Waals surface area (Å²) in [7, 11) is -9.14. The molecule has 0 saturated heterocycles. The molecule has 8 nitrogen and oxygen atoms in total. The summed E-state index contributed by atoms with van der Waals surface area (Å²) in [5, 5.41) is -1.07. The van der Waals surface area contributed by atoms with Crippen molar-refractivity contribution in [3.63, 3.8) is 0 Å². The van der Waals surface area contributed by atoms with Crippen LogP contribution in [0.1, 0.15) is 115 Å². The fourth-order valence-corrected chi connectivity index (χ4v) is 6.02. The summed E-state index contributed by atoms with van der Waals surface area (Å²) in [5.74, 6) is 0.420. The summed E-state index contributed by atoms with van der Waals surface area (Å²) in [6.07, 6.45) is 15.9. The van der Waals surface area contributed by atoms with Crippen LogP contribution in [0.15, 0.2) is 17.0 Å². The van der Waals surface area contributed by atoms with Gasteiger partial charge >= 0.3 is 103 Å². The molecule has 1 aromatic carbocycles. The van der Waals surface area contributed by atoms with Gasteiger partial charge < -0.3 is 14.1 Å². The Morgan fingerprint density at radius 1 is 0.900 bits per heavy atom. The van der Waals surface area contributed by atoms with E-state index in [9.17, 15) is 25.9 Å². The van der Waals surface area contributed by atoms with Gasteiger partial charge in [-0.25, -0.2) is 21.8 Å². The van der Waals surface area contributed by atoms with Crippen LogP contribution in [0.25, 0.3) is 11.0 Å². The van der Waals surface area contributed by atoms with Crippen molar-refractivity contribution in [1.29, 1.82) is 0 Å². The number of aromatic nitrogens is 2. The van der Waals surface area contributed by atoms with Crippen LogP contribution in [0.2, 0.25) is 0 Å². The molecule has 13 heteroatoms. The monoisotopic (exact) mass is 664 g/mol. The van der Waals surface area contributed by atoms with Crippen LogP contribution >= 0.6 is 12.2 Å². The van der Waals surface area contributed by atoms with Gasteiger partial charge in [0.2, 0.25) is 0 Å². The summed E-state index contributed by atoms with van der Waals surface area (Å²) >= 11 is 5.56. The average molecular weight is 665 g/mol. The number of rotatable bonds is 20. The molecule has 0 spiro atoms. The SMILES string of the molecule is CCCCCCCCCCCCCCC(=S)Cc1c(S(=O)(=O)[O-])ccc2[nH]c(CCC(C)S(=O)(=O)[O-])nc12.[K+].[K+]. The Bertz CT molecular complexity index is 1250. The van der Waals surface area contributed by atoms with Gasteiger partial charge in [-0.15, -0.1) is 0 Å². The molecule has 1 aromatic heterocycles. The molecule has 40 heavy (non-hydrogen) atoms. The number of nitrogens with one attached hydrogen (secondary N) is 1. The van der Waals surface area contributed by atoms with E-state index in [1.807, 2.05) is 0 Å². The van der Waals surface area contributed by atoms with Crippen molar-refractivity contribution in [1.82, 2.24) is 9.97 Å². The molecule has 0 saturated carbocycles. The van der Waals surface area contributed by atoms with Gasteiger partial charge in [0.15, 0.2) is 0 Å². The number of imidazole rings is 1. The molecule has 0 fully saturated rings. The first-order valence-electron chi connectivity index (χ1n) is 13.9. The van der Waals surface area contributed by atoms with E-state index in [2.05, 4.69) is 16.9 Å². The molecule has 0 aliphatic carbocycles. The third-order valence-electron chi connectivity index (χ3n) is 7.00. The molecule has 0 aliphatic heterocycles. The van der Waals surface area contributed by atoms with Crippen molar-refractivity contribution < 1.29 is 129 Å². The van der Waals surface area contributed by atoms with Gasteiger partial charge in [0.05, 0.1) is 26.0 Å². The Morgan fingerprint density at radius 2 is 1.43 bits per heavy atom. The van der Waals surface area contributed by atoms with Crippen molar-refractivity contribution in [2.75, 3.05) is 0 Å². The minimum Gasteiger partial charge on any atom is -0.748 e. The van der Waals surface area contributed by atoms with Crippen molar-refractivity contribution in [3.05, 3.63) is 23.5 Å². The summed E-state index contributed by atoms with van der Waals surface area (Å²) in [4.78, 5) is 7.82. The topological polar surface area (TPSA) is 143 Å². The minimum absolute atomic E-state index is 0. The van der Waals surface area contributed by atoms with Crippen LogP contribution in [-0.2, 0) is 33.1 Å². The van der Waals surface area contributed by atoms with Gasteiger partial charge in [0.25, 0.3) is 0 Å². The molecule has 0 amide bonds. The number of hydrogen-bond donors (Lipinski definition) is 1. The summed E-state index contributed by atoms with van der Waals surface area (Å²) in [6, 6.07) is 2.74. The normalized spacial score (nSPS) is 12.6. The zero-order valence-electron chi connectivity index (χ0n) is 24.7. The molecule has 2 aromatic rings. The van der Waals surface area contributed by atoms with Crippen molar-refractivity contribution in [2.45, 2.75) is 127 Å². The fraction of sp³-hybridized carbons (Fsp3) is 0.704. The fourth-order valence-electron chi connectivity index (χ4n) is 4.62. The molecular formula is C27H42K2N2O6S3. The second kappa shape index (κ2) is 21.6. The average Bonchev–Trinajstić information content (AvgIpc) is 3.25. The van der Waals surface area contributed by atoms with Gasteiger partial charge in [-0.3, -0.25) is 0 Å². The minimum atomic E-state index is -4.74. The standard InChI is InChI=1S/C27H44N2O6S3.2K/c1-3-4-5-6-7-8-9-10-11-12-13-14-15-22(36)20-23-25(38(33,34)35)18-17-24-27(23)29-26(28-24)19-16-21(2)37(30,31)32;;/h17-18,21H,3-16,19-20H2,1-2H3,(H,28,29)(H,30,31,32)(H,33,34,35);;/q;2*+1/p-2. The van der Waals surface area contributed by atoms with Crippen LogP contribution in [0.4, 0.5) is 0 Å². The number of H-pyrrole nitrogens is 1. The third kappa shape index (κ3) is 15.7. The second-order valence-corrected chi connectivity index (χ2v) is 14.0. The van der Waals surface area contributed by atoms with Gasteiger partial charge in [-0.05, 0) is 43.2 Å². The van der Waals surface area contributed by atoms with Gasteiger partial charge in [-0.1, -0.05) is 89.8 Å². The summed E-state index contributed by atoms with van der Waals surface area (Å²) < 4.78 is 69.4. The van der Waals surface area contributed by atoms with E-state index in [1.54, 1.807) is 0 Å². The largest absolute Gasteiger partial charge is 1.00 e. The van der Waals surface area contributed by atoms with Crippen molar-refractivity contribution in [2.24, 2.45) is 0 Å². The number of nitrogens with zero attached hydrogens (tertiary/aromatic N) is 1. The predicted molar refractivity (Wildman–Crippen MR) is 154 cm³/mol. The number of thiocarbonyl (C=S) groups is 1. The van der Waals surface area contributed by atoms with Crippen LogP contribution in [0.5, 0.6) is 0 Å². The maximum Gasteiger partial charge on any atom is 1.00 e. The second-order valence-electron chi connectivity index (χ2n) is 10.3. The maximum absolute atomic E-state index is 11.9. The summed E-state index contributed by atoms with van der Waals surface area (Å²) in [6.45, 7) is 3.57. The molecule has 1 atom stereocenters. The maximum atomic E-state index is 11.9. The number of benzene rings is 1. The van der Waals surface area contributed by atoms with E-state index < -0.39 is 25.5 Å². The number of aryl methyl sites for hydroxylation is 1. The van der Waals surface area contributed by atoms with Crippen LogP contribution in [-0.4, -0.2) is 46.0 Å². The van der Waals surface area contributed by atoms with E-state index in [0.717, 1.165) is 19.3 Å². The Hall–Kier alpha value is 1.87. The van der Waals surface area contributed by atoms with Crippen LogP contribution in [0, 0.1) is 0 Å². The van der Waals surface area contributed by atoms with Crippen LogP contribution in [0.3, 0.4) is 0 Å². The zero-order valence-corrected chi connectivity index (χ0v) is 33.4. The van der Waals surface area contributed by atoms with Crippen molar-refractivity contribution in [3.8, 4) is 0 Å². The van der Waals surface area contributed by atoms with E-state index >= 15 is 0 Å². The van der Waals surface area contributed by atoms with E-state index in [1.165, 1.54) is 76.8 Å². The number of unbranched alkanes of at least 4 members (excludes halogenated alkanes) is 11. The Morgan fingerprint density at radius 3 is 1.93 bits per heavy atom. The molecule has 1 N–H and O–H groups in total. The Labute approximate surface area is 331 Å². The Kier molecular flexibility index (Phi) is 22.6. The third-order valence-corrected chi connectivity index (χ3v) is 9.49. The Balaban J connectivity index is 0.00000760. The van der Waals surface area contributed by atoms with E-state index in [-0.39, 0.29) is 132 Å². The van der Waals surface area contributed by atoms with E-state index in [4.69, 9.17) is 12.2 Å². The van der Waals surface area contributed by atoms with Crippen LogP contribution < -0.4 is 103 Å². The van der Waals surface area contributed by atoms with Gasteiger partial charge in [0, 0.05) is 23.7 Å². The molecule has 216 valence electrons. The first kappa shape index (κ1) is 41.9. The zero-order chi connectivity index (χ0) is 28.2. The molecule has 2 rings (SSSR count). The molecule has 1 unspecified atom stereocenters. The first-order valence-corrected chi connectivity index (χ1v) is 17.1. The van der Waals surface area contributed by atoms with E-state index in [0.29, 0.717) is 28.1 Å². The number of aromatic amines is 1. The molecule has 1 heterocycles. The number of fused-ring (bicyclic) bond motifs is 1. The van der Waals surface area contributed by atoms with Gasteiger partial charge in [0.1, 0.15) is 15.9 Å². The molecular weight excluding hydrogens is 623 g/mol. The molecule has 0 bridgehead atoms. The van der Waals surface area contributed by atoms with Gasteiger partial charge in [-0.2, -0.15) is 0 Å². The molecule has 0 aliphatic rings. The smallest absolute Gasteiger partial charge is 0.748 e. The quantitative estimate of drug-likeness (QED) is 0.0925. The first-order chi connectivity index (χ1) is 17.9. The molecule has 0 radical (unpaired) electrons. The number of hydrogen-bond acceptors (Lipinski definition) is 8. The van der Waals surface area contributed by atoms with Crippen molar-refractivity contribution >= 4 is 48.4 Å². The summed E-state index contributed by atoms with van der Waals surface area (Å²) in [5.41, 5.74) is 1.15.